The standard InChI is InChI=1S/C12H20.H2O.H2/c1-10-6-8-12(2)7-4-3-5-11(12)9-10;;/h9-10H,3-8H2,1-2H3;1H2;1H/t10-,12-;;/m0../s1. The van der Waals surface area contributed by atoms with Crippen molar-refractivity contribution in [2.75, 3.05) is 0 Å². The maximum absolute atomic E-state index is 2.56. The highest BCUT2D eigenvalue weighted by Crippen LogP contribution is 2.47. The fourth-order valence-electron chi connectivity index (χ4n) is 2.84. The average Bonchev–Trinajstić information content (AvgIpc) is 2.06. The second-order valence-corrected chi connectivity index (χ2v) is 4.98. The van der Waals surface area contributed by atoms with Crippen LogP contribution >= 0.6 is 0 Å². The SMILES string of the molecule is C[C@@H]1C=C2CCCC[C@@]2(C)CC1.O.[HH]. The zero-order valence-corrected chi connectivity index (χ0v) is 8.90. The third-order valence-electron chi connectivity index (χ3n) is 3.84. The summed E-state index contributed by atoms with van der Waals surface area (Å²) in [5, 5.41) is 0. The number of fused-ring (bicyclic) bond motifs is 1. The van der Waals surface area contributed by atoms with Crippen LogP contribution in [0.5, 0.6) is 0 Å². The highest BCUT2D eigenvalue weighted by atomic mass is 16.0. The fourth-order valence-corrected chi connectivity index (χ4v) is 2.84. The molecule has 0 bridgehead atoms. The maximum Gasteiger partial charge on any atom is 0 e. The molecule has 1 fully saturated rings. The quantitative estimate of drug-likeness (QED) is 0.517. The Labute approximate surface area is 83.0 Å². The second-order valence-electron chi connectivity index (χ2n) is 4.98. The Morgan fingerprint density at radius 2 is 2.15 bits per heavy atom. The number of allylic oxidation sites excluding steroid dienone is 2. The maximum atomic E-state index is 2.56. The lowest BCUT2D eigenvalue weighted by molar-refractivity contribution is 0.245. The van der Waals surface area contributed by atoms with E-state index < -0.39 is 0 Å². The van der Waals surface area contributed by atoms with Gasteiger partial charge in [0.15, 0.2) is 0 Å². The Bertz CT molecular complexity index is 212. The van der Waals surface area contributed by atoms with Gasteiger partial charge in [-0.25, -0.2) is 0 Å². The third-order valence-corrected chi connectivity index (χ3v) is 3.84. The summed E-state index contributed by atoms with van der Waals surface area (Å²) in [6.45, 7) is 4.84. The molecule has 78 valence electrons. The van der Waals surface area contributed by atoms with E-state index in [0.717, 1.165) is 5.92 Å². The van der Waals surface area contributed by atoms with Crippen molar-refractivity contribution in [3.8, 4) is 0 Å². The van der Waals surface area contributed by atoms with E-state index in [1.54, 1.807) is 5.57 Å². The predicted molar refractivity (Wildman–Crippen MR) is 58.8 cm³/mol. The Morgan fingerprint density at radius 3 is 2.92 bits per heavy atom. The summed E-state index contributed by atoms with van der Waals surface area (Å²) >= 11 is 0. The smallest absolute Gasteiger partial charge is 0 e. The predicted octanol–water partition coefficient (Wildman–Crippen LogP) is 3.34. The van der Waals surface area contributed by atoms with Gasteiger partial charge in [0.2, 0.25) is 0 Å². The van der Waals surface area contributed by atoms with E-state index in [9.17, 15) is 0 Å². The molecule has 0 radical (unpaired) electrons. The molecular formula is C12H24O. The average molecular weight is 184 g/mol. The van der Waals surface area contributed by atoms with E-state index in [1.807, 2.05) is 0 Å². The highest BCUT2D eigenvalue weighted by molar-refractivity contribution is 5.19. The molecule has 13 heavy (non-hydrogen) atoms. The Morgan fingerprint density at radius 1 is 1.38 bits per heavy atom. The van der Waals surface area contributed by atoms with Crippen LogP contribution in [0.15, 0.2) is 11.6 Å². The van der Waals surface area contributed by atoms with Crippen molar-refractivity contribution in [3.63, 3.8) is 0 Å². The van der Waals surface area contributed by atoms with Gasteiger partial charge in [-0.1, -0.05) is 31.9 Å². The van der Waals surface area contributed by atoms with Gasteiger partial charge in [0.1, 0.15) is 0 Å². The van der Waals surface area contributed by atoms with Gasteiger partial charge < -0.3 is 5.48 Å². The largest absolute Gasteiger partial charge is 0.412 e. The van der Waals surface area contributed by atoms with E-state index in [2.05, 4.69) is 19.9 Å². The van der Waals surface area contributed by atoms with Gasteiger partial charge in [0.25, 0.3) is 0 Å². The highest BCUT2D eigenvalue weighted by Gasteiger charge is 2.33. The lowest BCUT2D eigenvalue weighted by Crippen LogP contribution is -2.27. The van der Waals surface area contributed by atoms with Gasteiger partial charge in [-0.2, -0.15) is 0 Å². The number of hydrogen-bond acceptors (Lipinski definition) is 0. The topological polar surface area (TPSA) is 31.5 Å². The molecule has 0 aliphatic heterocycles. The Hall–Kier alpha value is -0.300. The summed E-state index contributed by atoms with van der Waals surface area (Å²) in [5.74, 6) is 0.853. The zero-order valence-electron chi connectivity index (χ0n) is 8.90. The molecular weight excluding hydrogens is 160 g/mol. The van der Waals surface area contributed by atoms with Crippen LogP contribution < -0.4 is 0 Å². The summed E-state index contributed by atoms with van der Waals surface area (Å²) < 4.78 is 0. The molecule has 0 heterocycles. The first kappa shape index (κ1) is 10.8. The zero-order chi connectivity index (χ0) is 8.60. The first-order chi connectivity index (χ1) is 5.71. The second kappa shape index (κ2) is 3.83. The van der Waals surface area contributed by atoms with Crippen LogP contribution in [-0.2, 0) is 0 Å². The molecule has 0 aromatic rings. The van der Waals surface area contributed by atoms with Crippen molar-refractivity contribution in [1.82, 2.24) is 0 Å². The molecule has 0 amide bonds. The molecule has 0 aromatic carbocycles. The molecule has 0 unspecified atom stereocenters. The van der Waals surface area contributed by atoms with Crippen LogP contribution in [0.2, 0.25) is 0 Å². The molecule has 1 nitrogen and oxygen atoms in total. The lowest BCUT2D eigenvalue weighted by atomic mass is 9.64. The molecule has 0 saturated heterocycles. The van der Waals surface area contributed by atoms with Crippen LogP contribution in [0.3, 0.4) is 0 Å². The van der Waals surface area contributed by atoms with Gasteiger partial charge in [-0.3, -0.25) is 0 Å². The lowest BCUT2D eigenvalue weighted by Gasteiger charge is -2.41. The molecule has 2 N–H and O–H groups in total. The summed E-state index contributed by atoms with van der Waals surface area (Å²) in [6, 6.07) is 0. The first-order valence-electron chi connectivity index (χ1n) is 5.42. The summed E-state index contributed by atoms with van der Waals surface area (Å²) in [4.78, 5) is 0. The summed E-state index contributed by atoms with van der Waals surface area (Å²) in [5.41, 5.74) is 2.40. The van der Waals surface area contributed by atoms with Gasteiger partial charge in [0, 0.05) is 1.43 Å². The first-order valence-corrected chi connectivity index (χ1v) is 5.42. The number of hydrogen-bond donors (Lipinski definition) is 0. The molecule has 2 rings (SSSR count). The van der Waals surface area contributed by atoms with E-state index in [4.69, 9.17) is 0 Å². The van der Waals surface area contributed by atoms with Crippen LogP contribution in [0.25, 0.3) is 0 Å². The summed E-state index contributed by atoms with van der Waals surface area (Å²) in [7, 11) is 0. The monoisotopic (exact) mass is 184 g/mol. The van der Waals surface area contributed by atoms with Crippen LogP contribution in [0.1, 0.15) is 53.8 Å². The van der Waals surface area contributed by atoms with Gasteiger partial charge in [-0.15, -0.1) is 0 Å². The molecule has 1 saturated carbocycles. The minimum Gasteiger partial charge on any atom is -0.412 e. The van der Waals surface area contributed by atoms with Crippen LogP contribution in [0.4, 0.5) is 0 Å². The van der Waals surface area contributed by atoms with Crippen LogP contribution in [0, 0.1) is 11.3 Å². The van der Waals surface area contributed by atoms with E-state index >= 15 is 0 Å². The van der Waals surface area contributed by atoms with Gasteiger partial charge >= 0.3 is 0 Å². The minimum atomic E-state index is 0. The van der Waals surface area contributed by atoms with Crippen molar-refractivity contribution in [2.24, 2.45) is 11.3 Å². The van der Waals surface area contributed by atoms with Crippen LogP contribution in [-0.4, -0.2) is 5.48 Å². The summed E-state index contributed by atoms with van der Waals surface area (Å²) in [6.07, 6.45) is 11.2. The molecule has 1 heteroatoms. The normalized spacial score (nSPS) is 38.6. The van der Waals surface area contributed by atoms with Crippen molar-refractivity contribution < 1.29 is 6.90 Å². The Kier molecular flexibility index (Phi) is 3.18. The van der Waals surface area contributed by atoms with Gasteiger partial charge in [0.05, 0.1) is 0 Å². The fraction of sp³-hybridized carbons (Fsp3) is 0.833. The van der Waals surface area contributed by atoms with E-state index in [1.165, 1.54) is 38.5 Å². The third kappa shape index (κ3) is 1.96. The molecule has 0 aromatic heterocycles. The Balaban J connectivity index is 0.000000845. The number of rotatable bonds is 0. The van der Waals surface area contributed by atoms with Crippen molar-refractivity contribution in [2.45, 2.75) is 52.4 Å². The molecule has 2 aliphatic carbocycles. The van der Waals surface area contributed by atoms with Gasteiger partial charge in [-0.05, 0) is 43.4 Å². The molecule has 2 atom stereocenters. The minimum absolute atomic E-state index is 0. The molecule has 0 spiro atoms. The van der Waals surface area contributed by atoms with Crippen molar-refractivity contribution in [1.29, 1.82) is 0 Å². The van der Waals surface area contributed by atoms with Crippen molar-refractivity contribution in [3.05, 3.63) is 11.6 Å². The van der Waals surface area contributed by atoms with E-state index in [0.29, 0.717) is 5.41 Å². The van der Waals surface area contributed by atoms with Crippen molar-refractivity contribution >= 4 is 0 Å². The van der Waals surface area contributed by atoms with E-state index in [-0.39, 0.29) is 6.90 Å². The molecule has 2 aliphatic rings.